The van der Waals surface area contributed by atoms with Gasteiger partial charge < -0.3 is 15.8 Å². The first-order valence-electron chi connectivity index (χ1n) is 6.28. The first kappa shape index (κ1) is 15.9. The average Bonchev–Trinajstić information content (AvgIpc) is 2.42. The van der Waals surface area contributed by atoms with Crippen molar-refractivity contribution in [1.29, 1.82) is 0 Å². The van der Waals surface area contributed by atoms with Gasteiger partial charge in [-0.3, -0.25) is 4.79 Å². The molecule has 0 heterocycles. The molecule has 0 atom stereocenters. The number of benzene rings is 2. The van der Waals surface area contributed by atoms with E-state index in [0.29, 0.717) is 23.0 Å². The molecule has 2 aromatic carbocycles. The Labute approximate surface area is 141 Å². The van der Waals surface area contributed by atoms with E-state index in [4.69, 9.17) is 22.1 Å². The zero-order valence-corrected chi connectivity index (χ0v) is 14.0. The maximum atomic E-state index is 11.8. The number of amides is 1. The predicted octanol–water partition coefficient (Wildman–Crippen LogP) is 3.93. The molecule has 0 aliphatic heterocycles. The lowest BCUT2D eigenvalue weighted by Gasteiger charge is -2.09. The molecule has 0 saturated heterocycles. The lowest BCUT2D eigenvalue weighted by Crippen LogP contribution is -2.16. The maximum Gasteiger partial charge on any atom is 0.227 e. The predicted molar refractivity (Wildman–Crippen MR) is 93.8 cm³/mol. The quantitative estimate of drug-likeness (QED) is 0.573. The number of rotatable bonds is 5. The van der Waals surface area contributed by atoms with E-state index in [1.54, 1.807) is 18.2 Å². The molecule has 1 amide bonds. The highest BCUT2D eigenvalue weighted by Gasteiger charge is 2.06. The molecule has 0 unspecified atom stereocenters. The van der Waals surface area contributed by atoms with Crippen molar-refractivity contribution >= 4 is 51.5 Å². The van der Waals surface area contributed by atoms with Crippen molar-refractivity contribution in [1.82, 2.24) is 0 Å². The fraction of sp³-hybridized carbons (Fsp3) is 0.133. The topological polar surface area (TPSA) is 64.3 Å². The molecule has 2 aromatic rings. The minimum Gasteiger partial charge on any atom is -0.493 e. The second-order valence-electron chi connectivity index (χ2n) is 4.34. The minimum absolute atomic E-state index is 0.158. The molecule has 0 saturated carbocycles. The van der Waals surface area contributed by atoms with E-state index in [0.717, 1.165) is 9.32 Å². The normalized spacial score (nSPS) is 10.2. The fourth-order valence-corrected chi connectivity index (χ4v) is 2.37. The summed E-state index contributed by atoms with van der Waals surface area (Å²) in [4.78, 5) is 11.8. The van der Waals surface area contributed by atoms with Gasteiger partial charge in [-0.2, -0.15) is 0 Å². The second kappa shape index (κ2) is 7.51. The van der Waals surface area contributed by atoms with E-state index in [-0.39, 0.29) is 12.3 Å². The Morgan fingerprint density at radius 2 is 2.10 bits per heavy atom. The molecule has 4 nitrogen and oxygen atoms in total. The fourth-order valence-electron chi connectivity index (χ4n) is 1.68. The largest absolute Gasteiger partial charge is 0.493 e. The van der Waals surface area contributed by atoms with Crippen LogP contribution in [0.3, 0.4) is 0 Å². The number of carbonyl (C=O) groups is 1. The van der Waals surface area contributed by atoms with Gasteiger partial charge in [0.15, 0.2) is 0 Å². The SMILES string of the molecule is Nc1cc(Cl)ccc1NC(=O)CCOc1cccc(I)c1. The van der Waals surface area contributed by atoms with Gasteiger partial charge in [0, 0.05) is 8.59 Å². The second-order valence-corrected chi connectivity index (χ2v) is 6.02. The van der Waals surface area contributed by atoms with Crippen LogP contribution in [0.25, 0.3) is 0 Å². The highest BCUT2D eigenvalue weighted by atomic mass is 127. The van der Waals surface area contributed by atoms with Crippen LogP contribution >= 0.6 is 34.2 Å². The minimum atomic E-state index is -0.158. The smallest absolute Gasteiger partial charge is 0.227 e. The molecule has 0 fully saturated rings. The third kappa shape index (κ3) is 5.09. The number of nitrogens with two attached hydrogens (primary N) is 1. The van der Waals surface area contributed by atoms with E-state index < -0.39 is 0 Å². The van der Waals surface area contributed by atoms with Crippen LogP contribution < -0.4 is 15.8 Å². The molecular formula is C15H14ClIN2O2. The Morgan fingerprint density at radius 1 is 1.29 bits per heavy atom. The number of hydrogen-bond acceptors (Lipinski definition) is 3. The summed E-state index contributed by atoms with van der Waals surface area (Å²) in [5.41, 5.74) is 6.77. The number of carbonyl (C=O) groups excluding carboxylic acids is 1. The number of anilines is 2. The van der Waals surface area contributed by atoms with Crippen LogP contribution in [0.2, 0.25) is 5.02 Å². The van der Waals surface area contributed by atoms with Gasteiger partial charge in [-0.1, -0.05) is 17.7 Å². The van der Waals surface area contributed by atoms with Gasteiger partial charge in [0.25, 0.3) is 0 Å². The van der Waals surface area contributed by atoms with Crippen molar-refractivity contribution in [3.8, 4) is 5.75 Å². The molecule has 3 N–H and O–H groups in total. The van der Waals surface area contributed by atoms with Crippen molar-refractivity contribution in [3.05, 3.63) is 51.1 Å². The zero-order chi connectivity index (χ0) is 15.2. The number of ether oxygens (including phenoxy) is 1. The van der Waals surface area contributed by atoms with E-state index in [1.807, 2.05) is 24.3 Å². The molecular weight excluding hydrogens is 403 g/mol. The lowest BCUT2D eigenvalue weighted by atomic mass is 10.2. The van der Waals surface area contributed by atoms with Crippen molar-refractivity contribution in [3.63, 3.8) is 0 Å². The van der Waals surface area contributed by atoms with Gasteiger partial charge in [0.2, 0.25) is 5.91 Å². The van der Waals surface area contributed by atoms with Crippen LogP contribution in [0.1, 0.15) is 6.42 Å². The monoisotopic (exact) mass is 416 g/mol. The highest BCUT2D eigenvalue weighted by Crippen LogP contribution is 2.22. The third-order valence-corrected chi connectivity index (χ3v) is 3.59. The van der Waals surface area contributed by atoms with E-state index in [2.05, 4.69) is 27.9 Å². The first-order chi connectivity index (χ1) is 10.0. The summed E-state index contributed by atoms with van der Waals surface area (Å²) in [6.45, 7) is 0.305. The number of halogens is 2. The van der Waals surface area contributed by atoms with Crippen LogP contribution in [-0.2, 0) is 4.79 Å². The Bertz CT molecular complexity index is 649. The molecule has 0 bridgehead atoms. The van der Waals surface area contributed by atoms with E-state index >= 15 is 0 Å². The van der Waals surface area contributed by atoms with Gasteiger partial charge in [0.1, 0.15) is 5.75 Å². The van der Waals surface area contributed by atoms with Crippen molar-refractivity contribution in [2.75, 3.05) is 17.7 Å². The van der Waals surface area contributed by atoms with Gasteiger partial charge >= 0.3 is 0 Å². The Morgan fingerprint density at radius 3 is 2.81 bits per heavy atom. The number of nitrogen functional groups attached to an aromatic ring is 1. The lowest BCUT2D eigenvalue weighted by molar-refractivity contribution is -0.116. The Hall–Kier alpha value is -1.47. The number of nitrogens with one attached hydrogen (secondary N) is 1. The molecule has 110 valence electrons. The van der Waals surface area contributed by atoms with Crippen molar-refractivity contribution in [2.24, 2.45) is 0 Å². The molecule has 0 aliphatic carbocycles. The van der Waals surface area contributed by atoms with Crippen molar-refractivity contribution < 1.29 is 9.53 Å². The molecule has 0 aliphatic rings. The van der Waals surface area contributed by atoms with Gasteiger partial charge in [-0.25, -0.2) is 0 Å². The van der Waals surface area contributed by atoms with Gasteiger partial charge in [-0.15, -0.1) is 0 Å². The summed E-state index contributed by atoms with van der Waals surface area (Å²) in [7, 11) is 0. The molecule has 0 aromatic heterocycles. The third-order valence-electron chi connectivity index (χ3n) is 2.68. The highest BCUT2D eigenvalue weighted by molar-refractivity contribution is 14.1. The molecule has 6 heteroatoms. The summed E-state index contributed by atoms with van der Waals surface area (Å²) in [5.74, 6) is 0.593. The molecule has 2 rings (SSSR count). The van der Waals surface area contributed by atoms with Crippen LogP contribution in [0, 0.1) is 3.57 Å². The first-order valence-corrected chi connectivity index (χ1v) is 7.73. The summed E-state index contributed by atoms with van der Waals surface area (Å²) < 4.78 is 6.61. The van der Waals surface area contributed by atoms with E-state index in [1.165, 1.54) is 0 Å². The Balaban J connectivity index is 1.82. The summed E-state index contributed by atoms with van der Waals surface area (Å²) in [6.07, 6.45) is 0.244. The van der Waals surface area contributed by atoms with E-state index in [9.17, 15) is 4.79 Å². The van der Waals surface area contributed by atoms with Crippen molar-refractivity contribution in [2.45, 2.75) is 6.42 Å². The summed E-state index contributed by atoms with van der Waals surface area (Å²) >= 11 is 8.01. The standard InChI is InChI=1S/C15H14ClIN2O2/c16-10-4-5-14(13(18)8-10)19-15(20)6-7-21-12-3-1-2-11(17)9-12/h1-5,8-9H,6-7,18H2,(H,19,20). The van der Waals surface area contributed by atoms with Crippen LogP contribution in [0.15, 0.2) is 42.5 Å². The summed E-state index contributed by atoms with van der Waals surface area (Å²) in [6, 6.07) is 12.6. The average molecular weight is 417 g/mol. The van der Waals surface area contributed by atoms with Crippen LogP contribution in [-0.4, -0.2) is 12.5 Å². The zero-order valence-electron chi connectivity index (χ0n) is 11.1. The number of hydrogen-bond donors (Lipinski definition) is 2. The Kier molecular flexibility index (Phi) is 5.69. The maximum absolute atomic E-state index is 11.8. The van der Waals surface area contributed by atoms with Gasteiger partial charge in [-0.05, 0) is 59.0 Å². The molecule has 21 heavy (non-hydrogen) atoms. The summed E-state index contributed by atoms with van der Waals surface area (Å²) in [5, 5.41) is 3.27. The van der Waals surface area contributed by atoms with Gasteiger partial charge in [0.05, 0.1) is 24.4 Å². The molecule has 0 radical (unpaired) electrons. The van der Waals surface area contributed by atoms with Crippen LogP contribution in [0.5, 0.6) is 5.75 Å². The van der Waals surface area contributed by atoms with Crippen LogP contribution in [0.4, 0.5) is 11.4 Å². The molecule has 0 spiro atoms.